The number of hydrogen-bond acceptors (Lipinski definition) is 5. The van der Waals surface area contributed by atoms with Gasteiger partial charge in [0, 0.05) is 0 Å². The van der Waals surface area contributed by atoms with E-state index < -0.39 is 31.3 Å². The van der Waals surface area contributed by atoms with Crippen molar-refractivity contribution < 1.29 is 32.2 Å². The van der Waals surface area contributed by atoms with Gasteiger partial charge in [-0.3, -0.25) is 4.79 Å². The van der Waals surface area contributed by atoms with Crippen LogP contribution in [-0.2, 0) is 14.3 Å². The first kappa shape index (κ1) is 15.4. The van der Waals surface area contributed by atoms with Crippen LogP contribution in [0.4, 0.5) is 18.2 Å². The summed E-state index contributed by atoms with van der Waals surface area (Å²) < 4.78 is 43.9. The van der Waals surface area contributed by atoms with E-state index in [-0.39, 0.29) is 4.88 Å². The van der Waals surface area contributed by atoms with Gasteiger partial charge in [0.1, 0.15) is 18.1 Å². The van der Waals surface area contributed by atoms with Crippen LogP contribution in [0.5, 0.6) is 0 Å². The number of thiophene rings is 1. The van der Waals surface area contributed by atoms with Gasteiger partial charge in [0.05, 0.1) is 12.1 Å². The van der Waals surface area contributed by atoms with Gasteiger partial charge in [-0.25, -0.2) is 4.79 Å². The number of amides is 1. The average Bonchev–Trinajstić information content (AvgIpc) is 2.74. The summed E-state index contributed by atoms with van der Waals surface area (Å²) in [4.78, 5) is 22.6. The maximum Gasteiger partial charge on any atom is 0.411 e. The lowest BCUT2D eigenvalue weighted by molar-refractivity contribution is -0.174. The van der Waals surface area contributed by atoms with E-state index in [2.05, 4.69) is 14.8 Å². The van der Waals surface area contributed by atoms with Gasteiger partial charge in [-0.2, -0.15) is 13.2 Å². The molecule has 0 unspecified atom stereocenters. The molecule has 1 aromatic rings. The lowest BCUT2D eigenvalue weighted by Crippen LogP contribution is -2.23. The summed E-state index contributed by atoms with van der Waals surface area (Å²) in [6.07, 6.45) is -4.47. The first-order valence-electron chi connectivity index (χ1n) is 4.94. The van der Waals surface area contributed by atoms with E-state index in [1.54, 1.807) is 0 Å². The minimum absolute atomic E-state index is 0.272. The van der Waals surface area contributed by atoms with Crippen LogP contribution in [0.2, 0.25) is 0 Å². The summed E-state index contributed by atoms with van der Waals surface area (Å²) in [5.74, 6) is -1.29. The molecule has 1 heterocycles. The number of esters is 1. The maximum absolute atomic E-state index is 11.8. The van der Waals surface area contributed by atoms with Crippen LogP contribution in [0.1, 0.15) is 9.67 Å². The quantitative estimate of drug-likeness (QED) is 0.845. The molecule has 106 valence electrons. The number of ether oxygens (including phenoxy) is 2. The fourth-order valence-corrected chi connectivity index (χ4v) is 1.89. The van der Waals surface area contributed by atoms with Crippen LogP contribution in [0.3, 0.4) is 0 Å². The predicted octanol–water partition coefficient (Wildman–Crippen LogP) is 2.05. The molecule has 1 aromatic heterocycles. The highest BCUT2D eigenvalue weighted by molar-refractivity contribution is 7.18. The number of halogens is 3. The van der Waals surface area contributed by atoms with E-state index in [0.29, 0.717) is 5.00 Å². The van der Waals surface area contributed by atoms with E-state index in [4.69, 9.17) is 0 Å². The van der Waals surface area contributed by atoms with E-state index in [9.17, 15) is 22.8 Å². The van der Waals surface area contributed by atoms with E-state index in [1.807, 2.05) is 0 Å². The Morgan fingerprint density at radius 3 is 2.63 bits per heavy atom. The number of alkyl halides is 3. The highest BCUT2D eigenvalue weighted by Gasteiger charge is 2.27. The van der Waals surface area contributed by atoms with Crippen molar-refractivity contribution in [2.45, 2.75) is 6.18 Å². The van der Waals surface area contributed by atoms with E-state index in [1.165, 1.54) is 19.2 Å². The van der Waals surface area contributed by atoms with E-state index >= 15 is 0 Å². The second-order valence-electron chi connectivity index (χ2n) is 3.31. The zero-order chi connectivity index (χ0) is 14.5. The van der Waals surface area contributed by atoms with Crippen molar-refractivity contribution in [1.29, 1.82) is 0 Å². The maximum atomic E-state index is 11.8. The number of carbonyl (C=O) groups excluding carboxylic acids is 2. The molecule has 0 radical (unpaired) electrons. The summed E-state index contributed by atoms with van der Waals surface area (Å²) in [6, 6.07) is 2.88. The van der Waals surface area contributed by atoms with Gasteiger partial charge in [-0.1, -0.05) is 0 Å². The summed E-state index contributed by atoms with van der Waals surface area (Å²) in [6.45, 7) is -2.21. The van der Waals surface area contributed by atoms with Crippen molar-refractivity contribution in [2.75, 3.05) is 25.6 Å². The summed E-state index contributed by atoms with van der Waals surface area (Å²) >= 11 is 0.949. The molecule has 0 aromatic carbocycles. The zero-order valence-electron chi connectivity index (χ0n) is 9.74. The Labute approximate surface area is 110 Å². The van der Waals surface area contributed by atoms with Gasteiger partial charge in [-0.15, -0.1) is 11.3 Å². The van der Waals surface area contributed by atoms with Crippen LogP contribution in [0.15, 0.2) is 12.1 Å². The molecule has 0 bridgehead atoms. The molecule has 0 saturated heterocycles. The largest absolute Gasteiger partial charge is 0.465 e. The molecule has 0 aliphatic rings. The van der Waals surface area contributed by atoms with Crippen LogP contribution >= 0.6 is 11.3 Å². The number of anilines is 1. The van der Waals surface area contributed by atoms with Gasteiger partial charge in [-0.05, 0) is 12.1 Å². The molecule has 5 nitrogen and oxygen atoms in total. The summed E-state index contributed by atoms with van der Waals surface area (Å²) in [7, 11) is 1.21. The Morgan fingerprint density at radius 1 is 1.37 bits per heavy atom. The predicted molar refractivity (Wildman–Crippen MR) is 61.2 cm³/mol. The van der Waals surface area contributed by atoms with Crippen LogP contribution in [0, 0.1) is 0 Å². The molecule has 9 heteroatoms. The number of nitrogens with one attached hydrogen (secondary N) is 1. The molecular formula is C10H10F3NO4S. The number of methoxy groups -OCH3 is 1. The lowest BCUT2D eigenvalue weighted by Gasteiger charge is -2.07. The van der Waals surface area contributed by atoms with Gasteiger partial charge >= 0.3 is 12.1 Å². The third-order valence-electron chi connectivity index (χ3n) is 1.75. The van der Waals surface area contributed by atoms with Crippen molar-refractivity contribution in [1.82, 2.24) is 0 Å². The van der Waals surface area contributed by atoms with Crippen LogP contribution < -0.4 is 5.32 Å². The summed E-state index contributed by atoms with van der Waals surface area (Å²) in [5.41, 5.74) is 0. The highest BCUT2D eigenvalue weighted by Crippen LogP contribution is 2.22. The summed E-state index contributed by atoms with van der Waals surface area (Å²) in [5, 5.41) is 2.63. The van der Waals surface area contributed by atoms with Gasteiger partial charge < -0.3 is 14.8 Å². The Balaban J connectivity index is 2.40. The molecule has 1 amide bonds. The molecule has 0 atom stereocenters. The molecular weight excluding hydrogens is 287 g/mol. The number of hydrogen-bond donors (Lipinski definition) is 1. The Hall–Kier alpha value is -1.61. The van der Waals surface area contributed by atoms with Gasteiger partial charge in [0.15, 0.2) is 0 Å². The van der Waals surface area contributed by atoms with E-state index in [0.717, 1.165) is 11.3 Å². The normalized spacial score (nSPS) is 11.2. The van der Waals surface area contributed by atoms with Crippen molar-refractivity contribution in [2.24, 2.45) is 0 Å². The topological polar surface area (TPSA) is 64.6 Å². The third-order valence-corrected chi connectivity index (χ3v) is 2.73. The first-order chi connectivity index (χ1) is 8.81. The van der Waals surface area contributed by atoms with Crippen molar-refractivity contribution in [3.8, 4) is 0 Å². The Kier molecular flexibility index (Phi) is 5.31. The fraction of sp³-hybridized carbons (Fsp3) is 0.400. The second-order valence-corrected chi connectivity index (χ2v) is 4.40. The SMILES string of the molecule is COC(=O)c1ccc(NC(=O)COCC(F)(F)F)s1. The molecule has 19 heavy (non-hydrogen) atoms. The molecule has 1 N–H and O–H groups in total. The molecule has 0 fully saturated rings. The Bertz CT molecular complexity index is 458. The monoisotopic (exact) mass is 297 g/mol. The number of rotatable bonds is 5. The average molecular weight is 297 g/mol. The lowest BCUT2D eigenvalue weighted by atomic mass is 10.4. The van der Waals surface area contributed by atoms with Gasteiger partial charge in [0.2, 0.25) is 0 Å². The van der Waals surface area contributed by atoms with Crippen molar-refractivity contribution in [3.05, 3.63) is 17.0 Å². The zero-order valence-corrected chi connectivity index (χ0v) is 10.6. The Morgan fingerprint density at radius 2 is 2.05 bits per heavy atom. The highest BCUT2D eigenvalue weighted by atomic mass is 32.1. The molecule has 0 aliphatic carbocycles. The van der Waals surface area contributed by atoms with Crippen molar-refractivity contribution >= 4 is 28.2 Å². The second kappa shape index (κ2) is 6.53. The van der Waals surface area contributed by atoms with Gasteiger partial charge in [0.25, 0.3) is 5.91 Å². The standard InChI is InChI=1S/C10H10F3NO4S/c1-17-9(16)6-2-3-8(19-6)14-7(15)4-18-5-10(11,12)13/h2-3H,4-5H2,1H3,(H,14,15). The van der Waals surface area contributed by atoms with Crippen LogP contribution in [0.25, 0.3) is 0 Å². The number of carbonyl (C=O) groups is 2. The van der Waals surface area contributed by atoms with Crippen LogP contribution in [-0.4, -0.2) is 38.4 Å². The first-order valence-corrected chi connectivity index (χ1v) is 5.76. The van der Waals surface area contributed by atoms with Crippen molar-refractivity contribution in [3.63, 3.8) is 0 Å². The molecule has 0 aliphatic heterocycles. The minimum Gasteiger partial charge on any atom is -0.465 e. The molecule has 0 spiro atoms. The third kappa shape index (κ3) is 5.71. The molecule has 1 rings (SSSR count). The fourth-order valence-electron chi connectivity index (χ4n) is 1.05. The smallest absolute Gasteiger partial charge is 0.411 e. The minimum atomic E-state index is -4.47. The molecule has 0 saturated carbocycles.